The summed E-state index contributed by atoms with van der Waals surface area (Å²) in [6.07, 6.45) is 3.54. The lowest BCUT2D eigenvalue weighted by Gasteiger charge is -2.04. The van der Waals surface area contributed by atoms with Gasteiger partial charge in [0.05, 0.1) is 11.3 Å². The second kappa shape index (κ2) is 5.05. The van der Waals surface area contributed by atoms with Gasteiger partial charge in [-0.05, 0) is 12.7 Å². The Morgan fingerprint density at radius 1 is 1.57 bits per heavy atom. The van der Waals surface area contributed by atoms with Gasteiger partial charge in [0.2, 0.25) is 0 Å². The number of thioether (sulfide) groups is 1. The van der Waals surface area contributed by atoms with Gasteiger partial charge in [0.25, 0.3) is 5.56 Å². The normalized spacial score (nSPS) is 10.4. The van der Waals surface area contributed by atoms with E-state index >= 15 is 0 Å². The molecule has 1 heterocycles. The fourth-order valence-electron chi connectivity index (χ4n) is 1.26. The van der Waals surface area contributed by atoms with Crippen LogP contribution in [0.15, 0.2) is 4.79 Å². The van der Waals surface area contributed by atoms with Crippen LogP contribution >= 0.6 is 11.8 Å². The SMILES string of the molecule is CCCc1c(N)nc(CSC)[nH]c1=O. The number of aromatic nitrogens is 2. The molecule has 1 aromatic heterocycles. The molecule has 0 atom stereocenters. The average molecular weight is 213 g/mol. The first kappa shape index (κ1) is 11.1. The number of nitrogens with one attached hydrogen (secondary N) is 1. The number of nitrogen functional groups attached to an aromatic ring is 1. The van der Waals surface area contributed by atoms with Crippen LogP contribution in [0.25, 0.3) is 0 Å². The van der Waals surface area contributed by atoms with Gasteiger partial charge >= 0.3 is 0 Å². The number of anilines is 1. The van der Waals surface area contributed by atoms with Gasteiger partial charge in [-0.25, -0.2) is 4.98 Å². The van der Waals surface area contributed by atoms with Gasteiger partial charge in [-0.2, -0.15) is 11.8 Å². The van der Waals surface area contributed by atoms with E-state index in [4.69, 9.17) is 5.73 Å². The molecule has 1 rings (SSSR count). The highest BCUT2D eigenvalue weighted by atomic mass is 32.2. The molecule has 0 saturated carbocycles. The molecule has 0 aliphatic rings. The molecular weight excluding hydrogens is 198 g/mol. The summed E-state index contributed by atoms with van der Waals surface area (Å²) in [7, 11) is 0. The van der Waals surface area contributed by atoms with Crippen LogP contribution in [0.4, 0.5) is 5.82 Å². The Morgan fingerprint density at radius 2 is 2.29 bits per heavy atom. The summed E-state index contributed by atoms with van der Waals surface area (Å²) < 4.78 is 0. The van der Waals surface area contributed by atoms with Crippen molar-refractivity contribution in [2.75, 3.05) is 12.0 Å². The van der Waals surface area contributed by atoms with Gasteiger partial charge in [0.1, 0.15) is 11.6 Å². The summed E-state index contributed by atoms with van der Waals surface area (Å²) in [4.78, 5) is 18.4. The van der Waals surface area contributed by atoms with Crippen LogP contribution in [-0.4, -0.2) is 16.2 Å². The summed E-state index contributed by atoms with van der Waals surface area (Å²) in [5, 5.41) is 0. The zero-order valence-electron chi connectivity index (χ0n) is 8.46. The Balaban J connectivity index is 3.05. The molecule has 0 bridgehead atoms. The molecule has 0 fully saturated rings. The van der Waals surface area contributed by atoms with E-state index in [0.29, 0.717) is 29.4 Å². The molecule has 4 nitrogen and oxygen atoms in total. The van der Waals surface area contributed by atoms with Crippen molar-refractivity contribution in [3.8, 4) is 0 Å². The molecule has 0 radical (unpaired) electrons. The van der Waals surface area contributed by atoms with Crippen LogP contribution in [0.5, 0.6) is 0 Å². The second-order valence-electron chi connectivity index (χ2n) is 3.06. The predicted molar refractivity (Wildman–Crippen MR) is 60.5 cm³/mol. The van der Waals surface area contributed by atoms with Crippen molar-refractivity contribution >= 4 is 17.6 Å². The van der Waals surface area contributed by atoms with Crippen LogP contribution in [0.3, 0.4) is 0 Å². The van der Waals surface area contributed by atoms with E-state index in [1.54, 1.807) is 11.8 Å². The van der Waals surface area contributed by atoms with Gasteiger partial charge in [-0.3, -0.25) is 4.79 Å². The first-order valence-corrected chi connectivity index (χ1v) is 5.94. The van der Waals surface area contributed by atoms with Crippen LogP contribution < -0.4 is 11.3 Å². The Kier molecular flexibility index (Phi) is 4.00. The first-order chi connectivity index (χ1) is 6.69. The Hall–Kier alpha value is -0.970. The highest BCUT2D eigenvalue weighted by Crippen LogP contribution is 2.08. The molecule has 5 heteroatoms. The largest absolute Gasteiger partial charge is 0.383 e. The number of hydrogen-bond acceptors (Lipinski definition) is 4. The van der Waals surface area contributed by atoms with E-state index in [1.807, 2.05) is 13.2 Å². The number of aromatic amines is 1. The molecule has 78 valence electrons. The van der Waals surface area contributed by atoms with Gasteiger partial charge in [-0.15, -0.1) is 0 Å². The number of nitrogens with zero attached hydrogens (tertiary/aromatic N) is 1. The minimum Gasteiger partial charge on any atom is -0.383 e. The molecule has 0 unspecified atom stereocenters. The lowest BCUT2D eigenvalue weighted by molar-refractivity contribution is 0.874. The van der Waals surface area contributed by atoms with Crippen molar-refractivity contribution in [2.45, 2.75) is 25.5 Å². The zero-order valence-corrected chi connectivity index (χ0v) is 9.28. The molecule has 0 amide bonds. The Morgan fingerprint density at radius 3 is 2.79 bits per heavy atom. The Bertz CT molecular complexity index is 362. The zero-order chi connectivity index (χ0) is 10.6. The van der Waals surface area contributed by atoms with Crippen molar-refractivity contribution in [2.24, 2.45) is 0 Å². The summed E-state index contributed by atoms with van der Waals surface area (Å²) in [6, 6.07) is 0. The third kappa shape index (κ3) is 2.51. The standard InChI is InChI=1S/C9H15N3OS/c1-3-4-6-8(10)11-7(5-14-2)12-9(6)13/h3-5H2,1-2H3,(H3,10,11,12,13). The fourth-order valence-corrected chi connectivity index (χ4v) is 1.67. The summed E-state index contributed by atoms with van der Waals surface area (Å²) in [5.74, 6) is 1.71. The molecule has 0 aliphatic carbocycles. The van der Waals surface area contributed by atoms with Gasteiger partial charge in [0.15, 0.2) is 0 Å². The Labute approximate surface area is 87.3 Å². The van der Waals surface area contributed by atoms with Crippen molar-refractivity contribution in [3.63, 3.8) is 0 Å². The molecule has 1 aromatic rings. The molecule has 0 spiro atoms. The topological polar surface area (TPSA) is 71.8 Å². The predicted octanol–water partition coefficient (Wildman–Crippen LogP) is 1.17. The van der Waals surface area contributed by atoms with E-state index in [1.165, 1.54) is 0 Å². The number of nitrogens with two attached hydrogens (primary N) is 1. The number of rotatable bonds is 4. The van der Waals surface area contributed by atoms with Crippen molar-refractivity contribution in [1.29, 1.82) is 0 Å². The molecular formula is C9H15N3OS. The van der Waals surface area contributed by atoms with Crippen LogP contribution in [0.1, 0.15) is 24.7 Å². The third-order valence-electron chi connectivity index (χ3n) is 1.88. The van der Waals surface area contributed by atoms with Crippen molar-refractivity contribution in [3.05, 3.63) is 21.7 Å². The molecule has 0 aliphatic heterocycles. The second-order valence-corrected chi connectivity index (χ2v) is 3.93. The maximum Gasteiger partial charge on any atom is 0.256 e. The molecule has 0 saturated heterocycles. The van der Waals surface area contributed by atoms with E-state index in [2.05, 4.69) is 9.97 Å². The number of H-pyrrole nitrogens is 1. The average Bonchev–Trinajstić information content (AvgIpc) is 2.12. The van der Waals surface area contributed by atoms with E-state index in [0.717, 1.165) is 6.42 Å². The van der Waals surface area contributed by atoms with Gasteiger partial charge in [-0.1, -0.05) is 13.3 Å². The van der Waals surface area contributed by atoms with Crippen LogP contribution in [-0.2, 0) is 12.2 Å². The van der Waals surface area contributed by atoms with E-state index in [9.17, 15) is 4.79 Å². The molecule has 14 heavy (non-hydrogen) atoms. The summed E-state index contributed by atoms with van der Waals surface area (Å²) >= 11 is 1.60. The van der Waals surface area contributed by atoms with Gasteiger partial charge in [0, 0.05) is 0 Å². The lowest BCUT2D eigenvalue weighted by atomic mass is 10.2. The van der Waals surface area contributed by atoms with Crippen LogP contribution in [0.2, 0.25) is 0 Å². The third-order valence-corrected chi connectivity index (χ3v) is 2.44. The highest BCUT2D eigenvalue weighted by Gasteiger charge is 2.07. The van der Waals surface area contributed by atoms with Crippen molar-refractivity contribution < 1.29 is 0 Å². The summed E-state index contributed by atoms with van der Waals surface area (Å²) in [5.41, 5.74) is 6.21. The molecule has 3 N–H and O–H groups in total. The maximum absolute atomic E-state index is 11.5. The minimum absolute atomic E-state index is 0.0941. The van der Waals surface area contributed by atoms with E-state index in [-0.39, 0.29) is 5.56 Å². The van der Waals surface area contributed by atoms with E-state index < -0.39 is 0 Å². The fraction of sp³-hybridized carbons (Fsp3) is 0.556. The number of hydrogen-bond donors (Lipinski definition) is 2. The monoisotopic (exact) mass is 213 g/mol. The quantitative estimate of drug-likeness (QED) is 0.787. The first-order valence-electron chi connectivity index (χ1n) is 4.55. The van der Waals surface area contributed by atoms with Crippen LogP contribution in [0, 0.1) is 0 Å². The highest BCUT2D eigenvalue weighted by molar-refractivity contribution is 7.97. The molecule has 0 aromatic carbocycles. The summed E-state index contributed by atoms with van der Waals surface area (Å²) in [6.45, 7) is 2.01. The van der Waals surface area contributed by atoms with Gasteiger partial charge < -0.3 is 10.7 Å². The lowest BCUT2D eigenvalue weighted by Crippen LogP contribution is -2.19. The van der Waals surface area contributed by atoms with Crippen molar-refractivity contribution in [1.82, 2.24) is 9.97 Å². The minimum atomic E-state index is -0.0941. The maximum atomic E-state index is 11.5. The smallest absolute Gasteiger partial charge is 0.256 e.